The van der Waals surface area contributed by atoms with Crippen LogP contribution >= 0.6 is 0 Å². The molecule has 0 atom stereocenters. The molecule has 0 fully saturated rings. The Morgan fingerprint density at radius 2 is 1.90 bits per heavy atom. The fourth-order valence-electron chi connectivity index (χ4n) is 2.70. The van der Waals surface area contributed by atoms with E-state index in [4.69, 9.17) is 5.73 Å². The highest BCUT2D eigenvalue weighted by atomic mass is 15.1. The van der Waals surface area contributed by atoms with Gasteiger partial charge in [-0.3, -0.25) is 4.98 Å². The molecule has 0 spiro atoms. The Hall–Kier alpha value is -1.65. The zero-order valence-electron chi connectivity index (χ0n) is 13.3. The second-order valence-corrected chi connectivity index (χ2v) is 5.59. The average Bonchev–Trinajstić information content (AvgIpc) is 2.50. The second-order valence-electron chi connectivity index (χ2n) is 5.59. The van der Waals surface area contributed by atoms with Gasteiger partial charge in [0.1, 0.15) is 0 Å². The van der Waals surface area contributed by atoms with Crippen molar-refractivity contribution < 1.29 is 0 Å². The molecule has 4 heteroatoms. The van der Waals surface area contributed by atoms with E-state index in [1.54, 1.807) is 0 Å². The highest BCUT2D eigenvalue weighted by Gasteiger charge is 2.13. The molecule has 0 radical (unpaired) electrons. The fraction of sp³-hybridized carbons (Fsp3) is 0.471. The van der Waals surface area contributed by atoms with Crippen LogP contribution in [0.3, 0.4) is 0 Å². The Kier molecular flexibility index (Phi) is 5.53. The minimum absolute atomic E-state index is 0.525. The lowest BCUT2D eigenvalue weighted by atomic mass is 10.1. The first-order chi connectivity index (χ1) is 10.2. The van der Waals surface area contributed by atoms with Crippen LogP contribution in [0.2, 0.25) is 0 Å². The number of nitrogens with zero attached hydrogens (tertiary/aromatic N) is 3. The zero-order chi connectivity index (χ0) is 15.2. The Balaban J connectivity index is 2.36. The Bertz CT molecular complexity index is 580. The summed E-state index contributed by atoms with van der Waals surface area (Å²) in [7, 11) is 4.23. The molecule has 1 heterocycles. The molecule has 1 aromatic carbocycles. The van der Waals surface area contributed by atoms with Gasteiger partial charge in [0.15, 0.2) is 0 Å². The molecule has 4 nitrogen and oxygen atoms in total. The summed E-state index contributed by atoms with van der Waals surface area (Å²) < 4.78 is 0. The molecule has 2 N–H and O–H groups in total. The lowest BCUT2D eigenvalue weighted by molar-refractivity contribution is 0.400. The SMILES string of the molecule is CCN(CCCN(C)C)c1c(CN)cnc2ccccc12. The maximum atomic E-state index is 5.94. The Morgan fingerprint density at radius 3 is 2.57 bits per heavy atom. The minimum Gasteiger partial charge on any atom is -0.371 e. The van der Waals surface area contributed by atoms with Crippen LogP contribution in [0.15, 0.2) is 30.5 Å². The summed E-state index contributed by atoms with van der Waals surface area (Å²) in [5.74, 6) is 0. The first-order valence-corrected chi connectivity index (χ1v) is 7.63. The van der Waals surface area contributed by atoms with E-state index in [-0.39, 0.29) is 0 Å². The standard InChI is InChI=1S/C17H26N4/c1-4-21(11-7-10-20(2)3)17-14(12-18)13-19-16-9-6-5-8-15(16)17/h5-6,8-9,13H,4,7,10-12,18H2,1-3H3. The predicted molar refractivity (Wildman–Crippen MR) is 90.7 cm³/mol. The van der Waals surface area contributed by atoms with Crippen LogP contribution in [0.4, 0.5) is 5.69 Å². The van der Waals surface area contributed by atoms with Gasteiger partial charge in [-0.25, -0.2) is 0 Å². The molecule has 2 rings (SSSR count). The summed E-state index contributed by atoms with van der Waals surface area (Å²) in [5, 5.41) is 1.20. The molecule has 114 valence electrons. The van der Waals surface area contributed by atoms with E-state index in [0.717, 1.165) is 37.1 Å². The van der Waals surface area contributed by atoms with Crippen molar-refractivity contribution >= 4 is 16.6 Å². The first-order valence-electron chi connectivity index (χ1n) is 7.63. The van der Waals surface area contributed by atoms with E-state index < -0.39 is 0 Å². The number of hydrogen-bond donors (Lipinski definition) is 1. The maximum Gasteiger partial charge on any atom is 0.0723 e. The smallest absolute Gasteiger partial charge is 0.0723 e. The van der Waals surface area contributed by atoms with Crippen LogP contribution in [-0.2, 0) is 6.54 Å². The third-order valence-electron chi connectivity index (χ3n) is 3.77. The topological polar surface area (TPSA) is 45.4 Å². The van der Waals surface area contributed by atoms with Crippen LogP contribution in [0, 0.1) is 0 Å². The molecule has 0 aliphatic heterocycles. The van der Waals surface area contributed by atoms with Gasteiger partial charge in [0, 0.05) is 36.8 Å². The van der Waals surface area contributed by atoms with Crippen LogP contribution in [0.25, 0.3) is 10.9 Å². The number of rotatable bonds is 7. The average molecular weight is 286 g/mol. The molecule has 1 aromatic heterocycles. The lowest BCUT2D eigenvalue weighted by Gasteiger charge is -2.27. The molecule has 0 saturated carbocycles. The molecule has 0 aliphatic carbocycles. The highest BCUT2D eigenvalue weighted by molar-refractivity contribution is 5.93. The van der Waals surface area contributed by atoms with Gasteiger partial charge in [-0.05, 0) is 40.1 Å². The number of fused-ring (bicyclic) bond motifs is 1. The summed E-state index contributed by atoms with van der Waals surface area (Å²) in [6.45, 7) is 5.84. The van der Waals surface area contributed by atoms with E-state index in [2.05, 4.69) is 54.0 Å². The summed E-state index contributed by atoms with van der Waals surface area (Å²) in [4.78, 5) is 9.17. The summed E-state index contributed by atoms with van der Waals surface area (Å²) in [6.07, 6.45) is 3.06. The van der Waals surface area contributed by atoms with Crippen molar-refractivity contribution in [2.75, 3.05) is 38.6 Å². The molecule has 0 amide bonds. The van der Waals surface area contributed by atoms with Gasteiger partial charge in [-0.1, -0.05) is 18.2 Å². The van der Waals surface area contributed by atoms with Gasteiger partial charge in [0.25, 0.3) is 0 Å². The Morgan fingerprint density at radius 1 is 1.14 bits per heavy atom. The van der Waals surface area contributed by atoms with Gasteiger partial charge in [-0.15, -0.1) is 0 Å². The van der Waals surface area contributed by atoms with Crippen molar-refractivity contribution in [3.05, 3.63) is 36.0 Å². The van der Waals surface area contributed by atoms with Crippen molar-refractivity contribution in [2.24, 2.45) is 5.73 Å². The monoisotopic (exact) mass is 286 g/mol. The molecular formula is C17H26N4. The van der Waals surface area contributed by atoms with E-state index in [1.165, 1.54) is 11.1 Å². The van der Waals surface area contributed by atoms with Crippen LogP contribution in [0.5, 0.6) is 0 Å². The number of nitrogens with two attached hydrogens (primary N) is 1. The van der Waals surface area contributed by atoms with Crippen molar-refractivity contribution in [3.8, 4) is 0 Å². The van der Waals surface area contributed by atoms with E-state index in [0.29, 0.717) is 6.54 Å². The number of para-hydroxylation sites is 1. The largest absolute Gasteiger partial charge is 0.371 e. The van der Waals surface area contributed by atoms with Crippen molar-refractivity contribution in [2.45, 2.75) is 19.9 Å². The number of hydrogen-bond acceptors (Lipinski definition) is 4. The van der Waals surface area contributed by atoms with E-state index in [1.807, 2.05) is 12.3 Å². The van der Waals surface area contributed by atoms with Gasteiger partial charge >= 0.3 is 0 Å². The van der Waals surface area contributed by atoms with Crippen LogP contribution in [0.1, 0.15) is 18.9 Å². The number of anilines is 1. The van der Waals surface area contributed by atoms with Gasteiger partial charge < -0.3 is 15.5 Å². The number of aromatic nitrogens is 1. The predicted octanol–water partition coefficient (Wildman–Crippen LogP) is 2.47. The van der Waals surface area contributed by atoms with E-state index >= 15 is 0 Å². The zero-order valence-corrected chi connectivity index (χ0v) is 13.3. The van der Waals surface area contributed by atoms with Crippen molar-refractivity contribution in [1.82, 2.24) is 9.88 Å². The molecule has 0 bridgehead atoms. The lowest BCUT2D eigenvalue weighted by Crippen LogP contribution is -2.28. The first kappa shape index (κ1) is 15.7. The number of benzene rings is 1. The van der Waals surface area contributed by atoms with E-state index in [9.17, 15) is 0 Å². The number of pyridine rings is 1. The minimum atomic E-state index is 0.525. The van der Waals surface area contributed by atoms with Crippen LogP contribution in [-0.4, -0.2) is 43.6 Å². The molecule has 21 heavy (non-hydrogen) atoms. The van der Waals surface area contributed by atoms with Gasteiger partial charge in [0.05, 0.1) is 11.2 Å². The quantitative estimate of drug-likeness (QED) is 0.849. The van der Waals surface area contributed by atoms with Gasteiger partial charge in [0.2, 0.25) is 0 Å². The molecule has 0 unspecified atom stereocenters. The normalized spacial score (nSPS) is 11.3. The van der Waals surface area contributed by atoms with Crippen molar-refractivity contribution in [1.29, 1.82) is 0 Å². The highest BCUT2D eigenvalue weighted by Crippen LogP contribution is 2.29. The second kappa shape index (κ2) is 7.38. The van der Waals surface area contributed by atoms with Crippen molar-refractivity contribution in [3.63, 3.8) is 0 Å². The third kappa shape index (κ3) is 3.71. The maximum absolute atomic E-state index is 5.94. The molecule has 2 aromatic rings. The Labute approximate surface area is 127 Å². The molecule has 0 aliphatic rings. The summed E-state index contributed by atoms with van der Waals surface area (Å²) in [6, 6.07) is 8.31. The summed E-state index contributed by atoms with van der Waals surface area (Å²) in [5.41, 5.74) is 9.35. The van der Waals surface area contributed by atoms with Crippen LogP contribution < -0.4 is 10.6 Å². The third-order valence-corrected chi connectivity index (χ3v) is 3.77. The molecule has 0 saturated heterocycles. The molecular weight excluding hydrogens is 260 g/mol. The van der Waals surface area contributed by atoms with Gasteiger partial charge in [-0.2, -0.15) is 0 Å². The summed E-state index contributed by atoms with van der Waals surface area (Å²) >= 11 is 0. The fourth-order valence-corrected chi connectivity index (χ4v) is 2.70.